The second-order valence-corrected chi connectivity index (χ2v) is 47.1. The van der Waals surface area contributed by atoms with Gasteiger partial charge in [0, 0.05) is 38.7 Å². The number of benzene rings is 1. The maximum Gasteiger partial charge on any atom is 0.200 e. The Morgan fingerprint density at radius 1 is 0.744 bits per heavy atom. The molecule has 0 unspecified atom stereocenters. The van der Waals surface area contributed by atoms with Crippen LogP contribution in [0.5, 0.6) is 5.75 Å². The third-order valence-electron chi connectivity index (χ3n) is 20.0. The third-order valence-corrected chi connectivity index (χ3v) is 38.6. The third kappa shape index (κ3) is 19.9. The molecule has 474 valence electrons. The Bertz CT molecular complexity index is 2070. The van der Waals surface area contributed by atoms with Gasteiger partial charge in [-0.2, -0.15) is 0 Å². The van der Waals surface area contributed by atoms with Gasteiger partial charge in [-0.25, -0.2) is 0 Å². The highest BCUT2D eigenvalue weighted by molar-refractivity contribution is 8.17. The Balaban J connectivity index is 1.70. The van der Waals surface area contributed by atoms with Crippen molar-refractivity contribution in [3.8, 4) is 5.75 Å². The number of thioether (sulfide) groups is 2. The highest BCUT2D eigenvalue weighted by atomic mass is 32.2. The van der Waals surface area contributed by atoms with Gasteiger partial charge in [0.1, 0.15) is 5.75 Å². The molecule has 0 bridgehead atoms. The molecule has 0 radical (unpaired) electrons. The van der Waals surface area contributed by atoms with E-state index in [1.807, 2.05) is 33.5 Å². The minimum atomic E-state index is -2.31. The zero-order valence-electron chi connectivity index (χ0n) is 56.9. The fraction of sp³-hybridized carbons (Fsp3) is 0.824. The molecular formula is C68H124O9S2Si3. The molecule has 1 aromatic carbocycles. The average molecular weight is 1230 g/mol. The van der Waals surface area contributed by atoms with Gasteiger partial charge in [-0.15, -0.1) is 30.1 Å². The maximum absolute atomic E-state index is 7.70. The average Bonchev–Trinajstić information content (AvgIpc) is 3.62. The fourth-order valence-electron chi connectivity index (χ4n) is 13.3. The molecule has 3 aliphatic rings. The Morgan fingerprint density at radius 2 is 1.30 bits per heavy atom. The summed E-state index contributed by atoms with van der Waals surface area (Å²) in [5.41, 5.74) is 5.16. The minimum absolute atomic E-state index is 0.00314. The predicted molar refractivity (Wildman–Crippen MR) is 360 cm³/mol. The standard InChI is InChI=1S/C68H124O9S2Si3/c1-27-29-55(39-48(8)38-49(9)40-61(71-21)64(77-81(25,26)68(16,17)18)62(72-22)42-51(11)66-78-36-28-37-79-66)59(75-80(23,24)67(13,14)15)44-58-52(12)63(74-65(73-58)54-31-33-56(69-19)34-32-54)50(10)41-53-30-35-57(60(43-53)70-20)76-82(45(2)3,46(4)5)47(6)7/h27,31-34,39,41,45-47,49,51-53,55,57-66H,1,28-30,35-38,40,42-44H2,2-26H3/b48-39+,50-41+/t49-,51+,52+,53-,55+,57+,58-,59+,60+,61-,62-,63+,64+,65-/m0/s1. The largest absolute Gasteiger partial charge is 0.497 e. The van der Waals surface area contributed by atoms with Crippen molar-refractivity contribution in [3.05, 3.63) is 65.8 Å². The van der Waals surface area contributed by atoms with E-state index in [9.17, 15) is 0 Å². The van der Waals surface area contributed by atoms with Crippen LogP contribution in [0.25, 0.3) is 0 Å². The van der Waals surface area contributed by atoms with Gasteiger partial charge in [-0.1, -0.05) is 140 Å². The predicted octanol–water partition coefficient (Wildman–Crippen LogP) is 19.4. The van der Waals surface area contributed by atoms with Gasteiger partial charge >= 0.3 is 0 Å². The highest BCUT2D eigenvalue weighted by Gasteiger charge is 2.50. The van der Waals surface area contributed by atoms with Crippen LogP contribution in [0, 0.1) is 29.6 Å². The number of hydrogen-bond acceptors (Lipinski definition) is 11. The van der Waals surface area contributed by atoms with Gasteiger partial charge in [0.15, 0.2) is 22.9 Å². The highest BCUT2D eigenvalue weighted by Crippen LogP contribution is 2.48. The van der Waals surface area contributed by atoms with Gasteiger partial charge in [0.2, 0.25) is 8.32 Å². The number of rotatable bonds is 31. The van der Waals surface area contributed by atoms with Gasteiger partial charge in [-0.05, 0) is 171 Å². The van der Waals surface area contributed by atoms with Crippen molar-refractivity contribution in [2.24, 2.45) is 29.6 Å². The van der Waals surface area contributed by atoms with Crippen LogP contribution in [0.3, 0.4) is 0 Å². The SMILES string of the molecule is C=CC[C@H](/C=C(\C)C[C@H](C)C[C@H](OC)[C@@H](O[Si](C)(C)C(C)(C)C)[C@H](C[C@@H](C)C1SCCCS1)OC)[C@@H](C[C@@H]1O[C@H](c2ccc(OC)cc2)O[C@H](/C(C)=C/[C@@H]2CC[C@@H](O[Si](C(C)C)(C(C)C)C(C)C)[C@H](OC)C2)[C@@H]1C)O[Si](C)(C)C(C)(C)C. The van der Waals surface area contributed by atoms with Crippen LogP contribution in [-0.4, -0.2) is 118 Å². The Labute approximate surface area is 516 Å². The molecule has 0 aromatic heterocycles. The summed E-state index contributed by atoms with van der Waals surface area (Å²) in [4.78, 5) is 0. The van der Waals surface area contributed by atoms with E-state index in [1.54, 1.807) is 7.11 Å². The lowest BCUT2D eigenvalue weighted by Gasteiger charge is -2.47. The first kappa shape index (κ1) is 73.7. The first-order chi connectivity index (χ1) is 38.2. The van der Waals surface area contributed by atoms with Crippen LogP contribution in [0.2, 0.25) is 52.9 Å². The zero-order chi connectivity index (χ0) is 61.7. The van der Waals surface area contributed by atoms with Crippen LogP contribution in [-0.2, 0) is 37.0 Å². The quantitative estimate of drug-likeness (QED) is 0.0526. The number of hydrogen-bond donors (Lipinski definition) is 0. The lowest BCUT2D eigenvalue weighted by molar-refractivity contribution is -0.266. The fourth-order valence-corrected chi connectivity index (χ4v) is 24.7. The Hall–Kier alpha value is -0.729. The van der Waals surface area contributed by atoms with E-state index in [4.69, 9.17) is 41.7 Å². The topological polar surface area (TPSA) is 83.1 Å². The van der Waals surface area contributed by atoms with Crippen molar-refractivity contribution in [2.75, 3.05) is 39.9 Å². The Morgan fingerprint density at radius 3 is 1.82 bits per heavy atom. The molecule has 0 spiro atoms. The summed E-state index contributed by atoms with van der Waals surface area (Å²) in [6, 6.07) is 8.19. The molecule has 0 N–H and O–H groups in total. The van der Waals surface area contributed by atoms with Crippen LogP contribution < -0.4 is 4.74 Å². The Kier molecular flexibility index (Phi) is 29.4. The molecule has 0 amide bonds. The van der Waals surface area contributed by atoms with Gasteiger partial charge in [-0.3, -0.25) is 0 Å². The molecule has 1 saturated carbocycles. The van der Waals surface area contributed by atoms with Crippen molar-refractivity contribution in [3.63, 3.8) is 0 Å². The van der Waals surface area contributed by atoms with E-state index in [2.05, 4.69) is 204 Å². The minimum Gasteiger partial charge on any atom is -0.497 e. The summed E-state index contributed by atoms with van der Waals surface area (Å²) >= 11 is 4.24. The van der Waals surface area contributed by atoms with Crippen molar-refractivity contribution in [1.82, 2.24) is 0 Å². The molecule has 4 rings (SSSR count). The lowest BCUT2D eigenvalue weighted by Crippen LogP contribution is -2.53. The maximum atomic E-state index is 7.70. The molecule has 2 aliphatic heterocycles. The molecule has 14 atom stereocenters. The van der Waals surface area contributed by atoms with Crippen molar-refractivity contribution >= 4 is 48.5 Å². The van der Waals surface area contributed by atoms with Crippen molar-refractivity contribution < 1.29 is 41.7 Å². The molecule has 2 heterocycles. The van der Waals surface area contributed by atoms with Crippen LogP contribution in [0.1, 0.15) is 187 Å². The van der Waals surface area contributed by atoms with Gasteiger partial charge in [0.05, 0.1) is 60.5 Å². The summed E-state index contributed by atoms with van der Waals surface area (Å²) in [5, 5.41) is 0.0491. The molecule has 1 aliphatic carbocycles. The number of allylic oxidation sites excluding steroid dienone is 3. The van der Waals surface area contributed by atoms with E-state index >= 15 is 0 Å². The first-order valence-corrected chi connectivity index (χ1v) is 42.0. The molecule has 3 fully saturated rings. The molecule has 82 heavy (non-hydrogen) atoms. The molecule has 1 aromatic rings. The smallest absolute Gasteiger partial charge is 0.200 e. The van der Waals surface area contributed by atoms with Gasteiger partial charge in [0.25, 0.3) is 0 Å². The zero-order valence-corrected chi connectivity index (χ0v) is 61.5. The number of ether oxygens (including phenoxy) is 6. The van der Waals surface area contributed by atoms with Crippen molar-refractivity contribution in [1.29, 1.82) is 0 Å². The van der Waals surface area contributed by atoms with E-state index in [0.29, 0.717) is 39.0 Å². The summed E-state index contributed by atoms with van der Waals surface area (Å²) in [6.45, 7) is 53.9. The summed E-state index contributed by atoms with van der Waals surface area (Å²) in [7, 11) is 0.748. The summed E-state index contributed by atoms with van der Waals surface area (Å²) in [6.07, 6.45) is 14.4. The van der Waals surface area contributed by atoms with Crippen LogP contribution >= 0.6 is 23.5 Å². The molecule has 9 nitrogen and oxygen atoms in total. The second kappa shape index (κ2) is 32.7. The first-order valence-electron chi connectivity index (χ1n) is 32.0. The van der Waals surface area contributed by atoms with Crippen molar-refractivity contribution in [2.45, 2.75) is 288 Å². The number of methoxy groups -OCH3 is 4. The summed E-state index contributed by atoms with van der Waals surface area (Å²) < 4.78 is 62.6. The normalized spacial score (nSPS) is 26.2. The lowest BCUT2D eigenvalue weighted by atomic mass is 9.81. The molecule has 14 heteroatoms. The second-order valence-electron chi connectivity index (χ2n) is 29.4. The molecule has 2 saturated heterocycles. The van der Waals surface area contributed by atoms with E-state index in [1.165, 1.54) is 29.1 Å². The van der Waals surface area contributed by atoms with Gasteiger partial charge < -0.3 is 41.7 Å². The van der Waals surface area contributed by atoms with E-state index in [-0.39, 0.29) is 70.7 Å². The van der Waals surface area contributed by atoms with Crippen LogP contribution in [0.15, 0.2) is 60.2 Å². The molecular weight excluding hydrogens is 1110 g/mol. The van der Waals surface area contributed by atoms with E-state index < -0.39 is 31.2 Å². The summed E-state index contributed by atoms with van der Waals surface area (Å²) in [5.74, 6) is 4.58. The monoisotopic (exact) mass is 1230 g/mol. The van der Waals surface area contributed by atoms with E-state index in [0.717, 1.165) is 62.7 Å². The van der Waals surface area contributed by atoms with Crippen LogP contribution in [0.4, 0.5) is 0 Å².